The van der Waals surface area contributed by atoms with Crippen LogP contribution in [0, 0.1) is 11.6 Å². The monoisotopic (exact) mass is 463 g/mol. The standard InChI is InChI=1S/C21H19F2N3O7/c22-13-7-11-17(26(10-1-2-10)9-12(19(11)29)20(30)31)16(23)18(13)25-5-3-24(4-6-25)14(21(32)33)8-15(27)28/h7-10H,1-6H2,(H,27,28)(H,30,31)(H,32,33). The highest BCUT2D eigenvalue weighted by atomic mass is 19.1. The van der Waals surface area contributed by atoms with E-state index in [0.717, 1.165) is 12.3 Å². The molecule has 1 aliphatic heterocycles. The Kier molecular flexibility index (Phi) is 5.52. The van der Waals surface area contributed by atoms with Crippen LogP contribution in [0.4, 0.5) is 14.5 Å². The lowest BCUT2D eigenvalue weighted by Gasteiger charge is -2.37. The first-order chi connectivity index (χ1) is 15.6. The smallest absolute Gasteiger partial charge is 0.352 e. The molecule has 0 radical (unpaired) electrons. The number of hydrogen-bond donors (Lipinski definition) is 3. The van der Waals surface area contributed by atoms with Crippen molar-refractivity contribution in [2.75, 3.05) is 31.1 Å². The van der Waals surface area contributed by atoms with Crippen molar-refractivity contribution < 1.29 is 38.5 Å². The number of pyridine rings is 1. The van der Waals surface area contributed by atoms with Gasteiger partial charge in [-0.25, -0.2) is 23.2 Å². The van der Waals surface area contributed by atoms with E-state index >= 15 is 8.78 Å². The first kappa shape index (κ1) is 22.2. The van der Waals surface area contributed by atoms with Crippen LogP contribution in [-0.2, 0) is 9.59 Å². The lowest BCUT2D eigenvalue weighted by atomic mass is 10.1. The Balaban J connectivity index is 1.74. The summed E-state index contributed by atoms with van der Waals surface area (Å²) < 4.78 is 32.0. The zero-order valence-electron chi connectivity index (χ0n) is 17.1. The Morgan fingerprint density at radius 1 is 1.03 bits per heavy atom. The molecule has 2 heterocycles. The Hall–Kier alpha value is -3.96. The van der Waals surface area contributed by atoms with Gasteiger partial charge in [0, 0.05) is 38.4 Å². The average Bonchev–Trinajstić information content (AvgIpc) is 3.58. The van der Waals surface area contributed by atoms with Crippen LogP contribution >= 0.6 is 0 Å². The molecule has 1 saturated heterocycles. The van der Waals surface area contributed by atoms with Gasteiger partial charge in [0.1, 0.15) is 22.8 Å². The number of halogens is 2. The summed E-state index contributed by atoms with van der Waals surface area (Å²) in [6.07, 6.45) is 2.97. The molecular formula is C21H19F2N3O7. The molecule has 0 spiro atoms. The first-order valence-electron chi connectivity index (χ1n) is 10.1. The number of carboxylic acids is 3. The number of aliphatic carboxylic acids is 2. The van der Waals surface area contributed by atoms with Gasteiger partial charge < -0.3 is 29.7 Å². The van der Waals surface area contributed by atoms with Gasteiger partial charge in [-0.3, -0.25) is 4.79 Å². The molecule has 10 nitrogen and oxygen atoms in total. The molecule has 2 aromatic rings. The normalized spacial score (nSPS) is 16.8. The van der Waals surface area contributed by atoms with E-state index in [9.17, 15) is 29.4 Å². The van der Waals surface area contributed by atoms with E-state index in [0.29, 0.717) is 18.9 Å². The van der Waals surface area contributed by atoms with Crippen LogP contribution in [0.15, 0.2) is 28.8 Å². The zero-order valence-corrected chi connectivity index (χ0v) is 17.1. The van der Waals surface area contributed by atoms with Gasteiger partial charge in [-0.2, -0.15) is 0 Å². The van der Waals surface area contributed by atoms with E-state index in [1.54, 1.807) is 0 Å². The van der Waals surface area contributed by atoms with Crippen molar-refractivity contribution in [3.63, 3.8) is 0 Å². The number of carboxylic acid groups (broad SMARTS) is 3. The third-order valence-corrected chi connectivity index (χ3v) is 5.77. The molecule has 2 aliphatic rings. The molecule has 0 atom stereocenters. The fourth-order valence-corrected chi connectivity index (χ4v) is 4.09. The number of fused-ring (bicyclic) bond motifs is 1. The van der Waals surface area contributed by atoms with Crippen LogP contribution in [0.2, 0.25) is 0 Å². The van der Waals surface area contributed by atoms with Crippen molar-refractivity contribution in [2.24, 2.45) is 0 Å². The lowest BCUT2D eigenvalue weighted by Crippen LogP contribution is -2.47. The van der Waals surface area contributed by atoms with E-state index in [4.69, 9.17) is 5.11 Å². The summed E-state index contributed by atoms with van der Waals surface area (Å²) in [5.41, 5.74) is -2.57. The van der Waals surface area contributed by atoms with Crippen molar-refractivity contribution >= 4 is 34.5 Å². The minimum atomic E-state index is -1.49. The number of hydrogen-bond acceptors (Lipinski definition) is 6. The van der Waals surface area contributed by atoms with Crippen molar-refractivity contribution in [2.45, 2.75) is 18.9 Å². The summed E-state index contributed by atoms with van der Waals surface area (Å²) in [6, 6.07) is 0.635. The van der Waals surface area contributed by atoms with E-state index in [1.807, 2.05) is 0 Å². The Morgan fingerprint density at radius 2 is 1.67 bits per heavy atom. The number of aromatic nitrogens is 1. The van der Waals surface area contributed by atoms with Crippen LogP contribution in [0.25, 0.3) is 10.9 Å². The number of benzene rings is 1. The molecule has 33 heavy (non-hydrogen) atoms. The van der Waals surface area contributed by atoms with Gasteiger partial charge in [0.05, 0.1) is 17.0 Å². The number of rotatable bonds is 6. The summed E-state index contributed by atoms with van der Waals surface area (Å²) in [4.78, 5) is 48.9. The van der Waals surface area contributed by atoms with E-state index in [2.05, 4.69) is 0 Å². The molecule has 1 aromatic heterocycles. The third-order valence-electron chi connectivity index (χ3n) is 5.77. The molecule has 0 bridgehead atoms. The summed E-state index contributed by atoms with van der Waals surface area (Å²) in [6.45, 7) is -0.0274. The molecule has 2 fully saturated rings. The number of piperazine rings is 1. The largest absolute Gasteiger partial charge is 0.478 e. The molecule has 1 aliphatic carbocycles. The predicted molar refractivity (Wildman–Crippen MR) is 110 cm³/mol. The number of carbonyl (C=O) groups is 3. The molecule has 1 saturated carbocycles. The third kappa shape index (κ3) is 3.99. The maximum atomic E-state index is 15.6. The summed E-state index contributed by atoms with van der Waals surface area (Å²) in [5.74, 6) is -6.40. The van der Waals surface area contributed by atoms with Gasteiger partial charge in [0.15, 0.2) is 5.82 Å². The van der Waals surface area contributed by atoms with Gasteiger partial charge in [-0.05, 0) is 18.9 Å². The van der Waals surface area contributed by atoms with Gasteiger partial charge in [-0.15, -0.1) is 0 Å². The van der Waals surface area contributed by atoms with E-state index in [1.165, 1.54) is 14.4 Å². The highest BCUT2D eigenvalue weighted by Gasteiger charge is 2.32. The second kappa shape index (κ2) is 8.19. The van der Waals surface area contributed by atoms with Crippen molar-refractivity contribution in [1.82, 2.24) is 9.47 Å². The van der Waals surface area contributed by atoms with Crippen molar-refractivity contribution in [3.8, 4) is 0 Å². The summed E-state index contributed by atoms with van der Waals surface area (Å²) in [5, 5.41) is 27.1. The highest BCUT2D eigenvalue weighted by Crippen LogP contribution is 2.39. The second-order valence-corrected chi connectivity index (χ2v) is 7.88. The molecule has 4 rings (SSSR count). The van der Waals surface area contributed by atoms with Gasteiger partial charge >= 0.3 is 17.9 Å². The molecule has 174 valence electrons. The van der Waals surface area contributed by atoms with Crippen LogP contribution in [0.3, 0.4) is 0 Å². The Labute approximate surface area is 184 Å². The quantitative estimate of drug-likeness (QED) is 0.544. The van der Waals surface area contributed by atoms with Crippen LogP contribution < -0.4 is 10.3 Å². The Bertz CT molecular complexity index is 1280. The molecule has 12 heteroatoms. The number of nitrogens with zero attached hydrogens (tertiary/aromatic N) is 3. The van der Waals surface area contributed by atoms with E-state index < -0.39 is 51.9 Å². The SMILES string of the molecule is O=C(O)C=C(C(=O)O)N1CCN(c2c(F)cc3c(=O)c(C(=O)O)cn(C4CC4)c3c2F)CC1. The van der Waals surface area contributed by atoms with Crippen molar-refractivity contribution in [3.05, 3.63) is 51.5 Å². The molecular weight excluding hydrogens is 444 g/mol. The molecule has 0 unspecified atom stereocenters. The zero-order chi connectivity index (χ0) is 24.0. The fraction of sp³-hybridized carbons (Fsp3) is 0.333. The number of aromatic carboxylic acids is 1. The summed E-state index contributed by atoms with van der Waals surface area (Å²) >= 11 is 0. The molecule has 0 amide bonds. The minimum Gasteiger partial charge on any atom is -0.478 e. The topological polar surface area (TPSA) is 140 Å². The predicted octanol–water partition coefficient (Wildman–Crippen LogP) is 1.49. The lowest BCUT2D eigenvalue weighted by molar-refractivity contribution is -0.136. The Morgan fingerprint density at radius 3 is 2.18 bits per heavy atom. The van der Waals surface area contributed by atoms with Gasteiger partial charge in [0.2, 0.25) is 5.43 Å². The first-order valence-corrected chi connectivity index (χ1v) is 10.1. The van der Waals surface area contributed by atoms with Crippen LogP contribution in [0.5, 0.6) is 0 Å². The van der Waals surface area contributed by atoms with Crippen LogP contribution in [-0.4, -0.2) is 68.9 Å². The maximum Gasteiger partial charge on any atom is 0.352 e. The van der Waals surface area contributed by atoms with Gasteiger partial charge in [-0.1, -0.05) is 0 Å². The van der Waals surface area contributed by atoms with Crippen LogP contribution in [0.1, 0.15) is 29.2 Å². The second-order valence-electron chi connectivity index (χ2n) is 7.88. The summed E-state index contributed by atoms with van der Waals surface area (Å²) in [7, 11) is 0. The van der Waals surface area contributed by atoms with E-state index in [-0.39, 0.29) is 43.1 Å². The fourth-order valence-electron chi connectivity index (χ4n) is 4.09. The highest BCUT2D eigenvalue weighted by molar-refractivity contribution is 5.95. The molecule has 3 N–H and O–H groups in total. The maximum absolute atomic E-state index is 15.6. The van der Waals surface area contributed by atoms with Gasteiger partial charge in [0.25, 0.3) is 0 Å². The number of anilines is 1. The minimum absolute atomic E-state index is 0.00425. The molecule has 1 aromatic carbocycles. The van der Waals surface area contributed by atoms with Crippen molar-refractivity contribution in [1.29, 1.82) is 0 Å². The average molecular weight is 463 g/mol.